The van der Waals surface area contributed by atoms with Gasteiger partial charge in [0.05, 0.1) is 14.4 Å². The van der Waals surface area contributed by atoms with Gasteiger partial charge in [-0.2, -0.15) is 0 Å². The number of sulfone groups is 2. The van der Waals surface area contributed by atoms with Crippen LogP contribution in [-0.4, -0.2) is 31.4 Å². The van der Waals surface area contributed by atoms with Gasteiger partial charge in [0.25, 0.3) is 0 Å². The molecule has 120 valence electrons. The highest BCUT2D eigenvalue weighted by molar-refractivity contribution is 7.93. The van der Waals surface area contributed by atoms with Crippen LogP contribution in [0.4, 0.5) is 0 Å². The maximum atomic E-state index is 12.2. The second-order valence-electron chi connectivity index (χ2n) is 6.67. The molecule has 0 aliphatic rings. The van der Waals surface area contributed by atoms with Crippen molar-refractivity contribution in [2.45, 2.75) is 61.1 Å². The number of H-pyrrole nitrogens is 1. The third-order valence-corrected chi connectivity index (χ3v) is 7.85. The molecule has 0 unspecified atom stereocenters. The summed E-state index contributed by atoms with van der Waals surface area (Å²) in [6.07, 6.45) is 0. The van der Waals surface area contributed by atoms with Crippen LogP contribution in [0.15, 0.2) is 22.2 Å². The first kappa shape index (κ1) is 17.8. The van der Waals surface area contributed by atoms with E-state index >= 15 is 0 Å². The van der Waals surface area contributed by atoms with Crippen molar-refractivity contribution in [1.29, 1.82) is 0 Å². The molecular formula is C12H21N2O5S2+. The summed E-state index contributed by atoms with van der Waals surface area (Å²) in [5, 5.41) is 1.26. The lowest BCUT2D eigenvalue weighted by Crippen LogP contribution is -2.39. The molecule has 1 heterocycles. The topological polar surface area (TPSA) is 107 Å². The van der Waals surface area contributed by atoms with Crippen LogP contribution in [0, 0.1) is 4.91 Å². The molecule has 0 bridgehead atoms. The molecule has 0 aliphatic carbocycles. The van der Waals surface area contributed by atoms with Gasteiger partial charge in [-0.25, -0.2) is 16.8 Å². The van der Waals surface area contributed by atoms with Crippen molar-refractivity contribution >= 4 is 19.7 Å². The minimum Gasteiger partial charge on any atom is -0.221 e. The molecule has 1 rings (SSSR count). The summed E-state index contributed by atoms with van der Waals surface area (Å²) in [4.78, 5) is 11.9. The zero-order chi connectivity index (χ0) is 16.9. The standard InChI is InChI=1S/C12H21N2O5S2/c1-11(2,3)20(16,17)9-7-8-10(14(15)13-9)21(18,19)12(4,5)6/h7-8H,1-6H3,(H,13,15)/q+1. The van der Waals surface area contributed by atoms with Gasteiger partial charge in [-0.1, -0.05) is 0 Å². The van der Waals surface area contributed by atoms with Gasteiger partial charge in [0.1, 0.15) is 0 Å². The van der Waals surface area contributed by atoms with E-state index in [2.05, 4.69) is 5.10 Å². The minimum atomic E-state index is -3.88. The highest BCUT2D eigenvalue weighted by Crippen LogP contribution is 2.25. The fraction of sp³-hybridized carbons (Fsp3) is 0.667. The third kappa shape index (κ3) is 3.03. The number of rotatable bonds is 2. The molecule has 0 aromatic carbocycles. The van der Waals surface area contributed by atoms with Crippen LogP contribution in [0.2, 0.25) is 0 Å². The highest BCUT2D eigenvalue weighted by atomic mass is 32.2. The Bertz CT molecular complexity index is 806. The van der Waals surface area contributed by atoms with Crippen LogP contribution in [0.5, 0.6) is 0 Å². The van der Waals surface area contributed by atoms with E-state index in [4.69, 9.17) is 0 Å². The number of hydrogen-bond acceptors (Lipinski definition) is 5. The molecular weight excluding hydrogens is 316 g/mol. The Balaban J connectivity index is 3.57. The van der Waals surface area contributed by atoms with Crippen molar-refractivity contribution < 1.29 is 21.4 Å². The minimum absolute atomic E-state index is 0.0147. The van der Waals surface area contributed by atoms with Gasteiger partial charge in [-0.15, -0.1) is 5.10 Å². The van der Waals surface area contributed by atoms with Crippen LogP contribution < -0.4 is 4.54 Å². The second kappa shape index (κ2) is 4.91. The van der Waals surface area contributed by atoms with Crippen LogP contribution in [0.1, 0.15) is 41.5 Å². The quantitative estimate of drug-likeness (QED) is 0.812. The van der Waals surface area contributed by atoms with E-state index in [1.165, 1.54) is 41.5 Å². The third-order valence-electron chi connectivity index (χ3n) is 2.97. The van der Waals surface area contributed by atoms with Gasteiger partial charge in [0.15, 0.2) is 9.57 Å². The summed E-state index contributed by atoms with van der Waals surface area (Å²) in [7, 11) is -7.65. The normalized spacial score (nSPS) is 14.2. The molecule has 21 heavy (non-hydrogen) atoms. The van der Waals surface area contributed by atoms with Gasteiger partial charge in [0, 0.05) is 6.07 Å². The number of hydrogen-bond donors (Lipinski definition) is 1. The zero-order valence-electron chi connectivity index (χ0n) is 13.0. The molecule has 1 aromatic rings. The Morgan fingerprint density at radius 1 is 0.857 bits per heavy atom. The molecule has 0 aliphatic heterocycles. The molecule has 0 saturated heterocycles. The summed E-state index contributed by atoms with van der Waals surface area (Å²) < 4.78 is 46.7. The van der Waals surface area contributed by atoms with Gasteiger partial charge in [-0.3, -0.25) is 0 Å². The van der Waals surface area contributed by atoms with Gasteiger partial charge >= 0.3 is 5.03 Å². The van der Waals surface area contributed by atoms with Crippen molar-refractivity contribution in [2.75, 3.05) is 0 Å². The first-order chi connectivity index (χ1) is 9.12. The van der Waals surface area contributed by atoms with Crippen LogP contribution in [0.3, 0.4) is 0 Å². The van der Waals surface area contributed by atoms with Gasteiger partial charge < -0.3 is 0 Å². The molecule has 0 amide bonds. The molecule has 9 heteroatoms. The Morgan fingerprint density at radius 3 is 1.62 bits per heavy atom. The van der Waals surface area contributed by atoms with E-state index in [9.17, 15) is 21.7 Å². The lowest BCUT2D eigenvalue weighted by Gasteiger charge is -2.18. The van der Waals surface area contributed by atoms with E-state index in [0.717, 1.165) is 12.1 Å². The van der Waals surface area contributed by atoms with Crippen LogP contribution in [0.25, 0.3) is 0 Å². The van der Waals surface area contributed by atoms with Crippen molar-refractivity contribution in [1.82, 2.24) is 5.10 Å². The lowest BCUT2D eigenvalue weighted by atomic mass is 10.3. The molecule has 0 fully saturated rings. The SMILES string of the molecule is CC(C)(C)S(=O)(=O)c1ccc(S(=O)(=O)C(C)(C)C)[n+](=O)[nH]1. The number of aromatic amines is 1. The van der Waals surface area contributed by atoms with E-state index in [-0.39, 0.29) is 9.57 Å². The largest absolute Gasteiger partial charge is 0.382 e. The van der Waals surface area contributed by atoms with Crippen molar-refractivity contribution in [2.24, 2.45) is 0 Å². The van der Waals surface area contributed by atoms with E-state index in [1.54, 1.807) is 0 Å². The average Bonchev–Trinajstić information content (AvgIpc) is 2.25. The lowest BCUT2D eigenvalue weighted by molar-refractivity contribution is -0.610. The monoisotopic (exact) mass is 337 g/mol. The van der Waals surface area contributed by atoms with Crippen molar-refractivity contribution in [3.05, 3.63) is 17.0 Å². The van der Waals surface area contributed by atoms with Gasteiger partial charge in [0.2, 0.25) is 19.7 Å². The molecule has 0 atom stereocenters. The fourth-order valence-corrected chi connectivity index (χ4v) is 3.65. The van der Waals surface area contributed by atoms with Crippen LogP contribution in [-0.2, 0) is 19.7 Å². The zero-order valence-corrected chi connectivity index (χ0v) is 14.6. The molecule has 1 aromatic heterocycles. The average molecular weight is 337 g/mol. The van der Waals surface area contributed by atoms with E-state index in [1.807, 2.05) is 0 Å². The molecule has 1 N–H and O–H groups in total. The first-order valence-corrected chi connectivity index (χ1v) is 9.24. The number of nitrogens with zero attached hydrogens (tertiary/aromatic N) is 1. The Kier molecular flexibility index (Phi) is 4.17. The molecule has 0 spiro atoms. The number of nitrogens with one attached hydrogen (secondary N) is 1. The Morgan fingerprint density at radius 2 is 1.29 bits per heavy atom. The summed E-state index contributed by atoms with van der Waals surface area (Å²) in [6.45, 7) is 8.85. The summed E-state index contributed by atoms with van der Waals surface area (Å²) in [5.41, 5.74) is 0. The Labute approximate surface area is 124 Å². The molecule has 7 nitrogen and oxygen atoms in total. The van der Waals surface area contributed by atoms with E-state index in [0.29, 0.717) is 0 Å². The van der Waals surface area contributed by atoms with Crippen molar-refractivity contribution in [3.8, 4) is 0 Å². The summed E-state index contributed by atoms with van der Waals surface area (Å²) in [5.74, 6) is 0. The smallest absolute Gasteiger partial charge is 0.221 e. The van der Waals surface area contributed by atoms with E-state index < -0.39 is 34.2 Å². The summed E-state index contributed by atoms with van der Waals surface area (Å²) in [6, 6.07) is 2.12. The molecule has 0 radical (unpaired) electrons. The molecule has 0 saturated carbocycles. The number of aromatic nitrogens is 2. The Hall–Kier alpha value is -1.22. The maximum absolute atomic E-state index is 12.2. The fourth-order valence-electron chi connectivity index (χ4n) is 1.40. The van der Waals surface area contributed by atoms with Crippen LogP contribution >= 0.6 is 0 Å². The maximum Gasteiger partial charge on any atom is 0.382 e. The predicted molar refractivity (Wildman–Crippen MR) is 78.0 cm³/mol. The summed E-state index contributed by atoms with van der Waals surface area (Å²) >= 11 is 0. The van der Waals surface area contributed by atoms with Crippen molar-refractivity contribution in [3.63, 3.8) is 0 Å². The highest BCUT2D eigenvalue weighted by Gasteiger charge is 2.41. The van der Waals surface area contributed by atoms with Gasteiger partial charge in [-0.05, 0) is 47.6 Å². The predicted octanol–water partition coefficient (Wildman–Crippen LogP) is 1.07. The second-order valence-corrected chi connectivity index (χ2v) is 12.0. The first-order valence-electron chi connectivity index (χ1n) is 6.27.